The molecule has 1 aromatic heterocycles. The molecule has 0 saturated carbocycles. The van der Waals surface area contributed by atoms with Crippen molar-refractivity contribution in [1.82, 2.24) is 9.97 Å². The zero-order valence-electron chi connectivity index (χ0n) is 10.5. The van der Waals surface area contributed by atoms with Gasteiger partial charge in [-0.3, -0.25) is 4.98 Å². The molecule has 112 valence electrons. The van der Waals surface area contributed by atoms with Gasteiger partial charge in [-0.25, -0.2) is 4.98 Å². The van der Waals surface area contributed by atoms with Crippen molar-refractivity contribution in [2.45, 2.75) is 37.5 Å². The molecule has 3 N–H and O–H groups in total. The molecule has 1 aliphatic rings. The van der Waals surface area contributed by atoms with E-state index in [9.17, 15) is 23.4 Å². The number of aromatic nitrogens is 2. The van der Waals surface area contributed by atoms with Gasteiger partial charge in [-0.1, -0.05) is 0 Å². The molecule has 0 aromatic carbocycles. The van der Waals surface area contributed by atoms with Gasteiger partial charge >= 0.3 is 6.18 Å². The van der Waals surface area contributed by atoms with Crippen LogP contribution >= 0.6 is 0 Å². The van der Waals surface area contributed by atoms with Crippen molar-refractivity contribution in [3.8, 4) is 0 Å². The average Bonchev–Trinajstić information content (AvgIpc) is 2.39. The highest BCUT2D eigenvalue weighted by Crippen LogP contribution is 2.28. The smallest absolute Gasteiger partial charge is 0.388 e. The molecule has 6 nitrogen and oxygen atoms in total. The first-order valence-electron chi connectivity index (χ1n) is 5.92. The number of aliphatic hydroxyl groups is 2. The minimum Gasteiger partial charge on any atom is -0.388 e. The molecule has 1 fully saturated rings. The summed E-state index contributed by atoms with van der Waals surface area (Å²) in [7, 11) is 0. The Kier molecular flexibility index (Phi) is 4.11. The van der Waals surface area contributed by atoms with E-state index in [-0.39, 0.29) is 12.4 Å². The summed E-state index contributed by atoms with van der Waals surface area (Å²) in [6, 6.07) is -0.765. The molecule has 0 spiro atoms. The predicted molar refractivity (Wildman–Crippen MR) is 61.9 cm³/mol. The fourth-order valence-corrected chi connectivity index (χ4v) is 1.86. The third kappa shape index (κ3) is 3.17. The molecule has 1 aromatic rings. The Hall–Kier alpha value is -1.45. The highest BCUT2D eigenvalue weighted by molar-refractivity contribution is 5.34. The summed E-state index contributed by atoms with van der Waals surface area (Å²) in [6.07, 6.45) is -5.73. The average molecular weight is 293 g/mol. The van der Waals surface area contributed by atoms with Crippen LogP contribution in [0.25, 0.3) is 0 Å². The summed E-state index contributed by atoms with van der Waals surface area (Å²) >= 11 is 0. The summed E-state index contributed by atoms with van der Waals surface area (Å²) in [4.78, 5) is 6.82. The van der Waals surface area contributed by atoms with Gasteiger partial charge in [-0.05, 0) is 6.92 Å². The summed E-state index contributed by atoms with van der Waals surface area (Å²) in [5.41, 5.74) is -1.14. The van der Waals surface area contributed by atoms with Crippen LogP contribution in [-0.4, -0.2) is 51.1 Å². The number of hydrogen-bond donors (Lipinski definition) is 3. The van der Waals surface area contributed by atoms with E-state index in [1.165, 1.54) is 0 Å². The van der Waals surface area contributed by atoms with Gasteiger partial charge in [0.05, 0.1) is 31.1 Å². The van der Waals surface area contributed by atoms with Gasteiger partial charge in [0, 0.05) is 0 Å². The lowest BCUT2D eigenvalue weighted by molar-refractivity contribution is -0.141. The van der Waals surface area contributed by atoms with Gasteiger partial charge in [-0.15, -0.1) is 0 Å². The lowest BCUT2D eigenvalue weighted by atomic mass is 9.99. The lowest BCUT2D eigenvalue weighted by Gasteiger charge is -2.36. The highest BCUT2D eigenvalue weighted by Gasteiger charge is 2.37. The Labute approximate surface area is 112 Å². The molecule has 1 unspecified atom stereocenters. The normalized spacial score (nSPS) is 31.1. The summed E-state index contributed by atoms with van der Waals surface area (Å²) in [5, 5.41) is 22.1. The number of aliphatic hydroxyl groups excluding tert-OH is 2. The summed E-state index contributed by atoms with van der Waals surface area (Å²) in [6.45, 7) is 1.63. The van der Waals surface area contributed by atoms with Crippen molar-refractivity contribution < 1.29 is 28.1 Å². The van der Waals surface area contributed by atoms with E-state index >= 15 is 0 Å². The molecule has 1 saturated heterocycles. The summed E-state index contributed by atoms with van der Waals surface area (Å²) < 4.78 is 42.7. The van der Waals surface area contributed by atoms with Crippen molar-refractivity contribution in [3.63, 3.8) is 0 Å². The van der Waals surface area contributed by atoms with E-state index in [1.54, 1.807) is 6.92 Å². The topological polar surface area (TPSA) is 87.5 Å². The first kappa shape index (κ1) is 14.9. The Balaban J connectivity index is 2.10. The second kappa shape index (κ2) is 5.51. The molecule has 9 heteroatoms. The van der Waals surface area contributed by atoms with Gasteiger partial charge in [0.15, 0.2) is 5.69 Å². The van der Waals surface area contributed by atoms with Gasteiger partial charge < -0.3 is 20.3 Å². The van der Waals surface area contributed by atoms with E-state index in [2.05, 4.69) is 15.3 Å². The van der Waals surface area contributed by atoms with Gasteiger partial charge in [0.25, 0.3) is 0 Å². The molecule has 2 heterocycles. The standard InChI is InChI=1S/C11H14F3N3O3/c1-5-9(18)10(19)6(4-20-5)16-8-3-15-2-7(17-8)11(12,13)14/h2-3,5-6,9-10,18-19H,4H2,1H3,(H,16,17)/t5-,6?,9+,10-/m1/s1. The molecule has 0 aliphatic carbocycles. The van der Waals surface area contributed by atoms with Crippen LogP contribution in [0.1, 0.15) is 12.6 Å². The van der Waals surface area contributed by atoms with Crippen molar-refractivity contribution in [3.05, 3.63) is 18.1 Å². The molecule has 20 heavy (non-hydrogen) atoms. The maximum atomic E-state index is 12.5. The minimum absolute atomic E-state index is 0.0390. The van der Waals surface area contributed by atoms with Crippen LogP contribution in [0, 0.1) is 0 Å². The van der Waals surface area contributed by atoms with Gasteiger partial charge in [0.1, 0.15) is 18.0 Å². The quantitative estimate of drug-likeness (QED) is 0.732. The van der Waals surface area contributed by atoms with Gasteiger partial charge in [0.2, 0.25) is 0 Å². The van der Waals surface area contributed by atoms with Crippen LogP contribution in [0.5, 0.6) is 0 Å². The fraction of sp³-hybridized carbons (Fsp3) is 0.636. The molecule has 1 aliphatic heterocycles. The third-order valence-corrected chi connectivity index (χ3v) is 3.04. The van der Waals surface area contributed by atoms with E-state index < -0.39 is 36.2 Å². The van der Waals surface area contributed by atoms with Crippen LogP contribution < -0.4 is 5.32 Å². The predicted octanol–water partition coefficient (Wildman–Crippen LogP) is 0.416. The lowest BCUT2D eigenvalue weighted by Crippen LogP contribution is -2.54. The maximum Gasteiger partial charge on any atom is 0.434 e. The van der Waals surface area contributed by atoms with Crippen LogP contribution in [0.15, 0.2) is 12.4 Å². The minimum atomic E-state index is -4.60. The van der Waals surface area contributed by atoms with Gasteiger partial charge in [-0.2, -0.15) is 13.2 Å². The largest absolute Gasteiger partial charge is 0.434 e. The number of anilines is 1. The van der Waals surface area contributed by atoms with E-state index in [0.29, 0.717) is 6.20 Å². The first-order valence-corrected chi connectivity index (χ1v) is 5.92. The molecule has 0 amide bonds. The van der Waals surface area contributed by atoms with Crippen LogP contribution in [-0.2, 0) is 10.9 Å². The van der Waals surface area contributed by atoms with Crippen LogP contribution in [0.4, 0.5) is 19.0 Å². The molecular formula is C11H14F3N3O3. The highest BCUT2D eigenvalue weighted by atomic mass is 19.4. The van der Waals surface area contributed by atoms with Crippen molar-refractivity contribution in [1.29, 1.82) is 0 Å². The van der Waals surface area contributed by atoms with E-state index in [1.807, 2.05) is 0 Å². The zero-order chi connectivity index (χ0) is 14.9. The second-order valence-corrected chi connectivity index (χ2v) is 4.56. The number of ether oxygens (including phenoxy) is 1. The monoisotopic (exact) mass is 293 g/mol. The van der Waals surface area contributed by atoms with Crippen molar-refractivity contribution in [2.24, 2.45) is 0 Å². The second-order valence-electron chi connectivity index (χ2n) is 4.56. The molecule has 2 rings (SSSR count). The van der Waals surface area contributed by atoms with E-state index in [4.69, 9.17) is 4.74 Å². The van der Waals surface area contributed by atoms with Crippen LogP contribution in [0.2, 0.25) is 0 Å². The summed E-state index contributed by atoms with van der Waals surface area (Å²) in [5.74, 6) is -0.144. The van der Waals surface area contributed by atoms with E-state index in [0.717, 1.165) is 6.20 Å². The fourth-order valence-electron chi connectivity index (χ4n) is 1.86. The maximum absolute atomic E-state index is 12.5. The third-order valence-electron chi connectivity index (χ3n) is 3.04. The number of nitrogens with zero attached hydrogens (tertiary/aromatic N) is 2. The SMILES string of the molecule is C[C@H]1OCC(Nc2cncc(C(F)(F)F)n2)[C@@H](O)[C@H]1O. The number of halogens is 3. The number of nitrogens with one attached hydrogen (secondary N) is 1. The van der Waals surface area contributed by atoms with Crippen molar-refractivity contribution >= 4 is 5.82 Å². The Morgan fingerprint density at radius 3 is 2.65 bits per heavy atom. The Bertz CT molecular complexity index is 472. The first-order chi connectivity index (χ1) is 9.29. The Morgan fingerprint density at radius 2 is 2.00 bits per heavy atom. The molecule has 0 radical (unpaired) electrons. The Morgan fingerprint density at radius 1 is 1.30 bits per heavy atom. The number of hydrogen-bond acceptors (Lipinski definition) is 6. The molecule has 4 atom stereocenters. The van der Waals surface area contributed by atoms with Crippen LogP contribution in [0.3, 0.4) is 0 Å². The molecular weight excluding hydrogens is 279 g/mol. The molecule has 0 bridgehead atoms. The zero-order valence-corrected chi connectivity index (χ0v) is 10.5. The number of rotatable bonds is 2. The number of alkyl halides is 3. The van der Waals surface area contributed by atoms with Crippen molar-refractivity contribution in [2.75, 3.05) is 11.9 Å².